The van der Waals surface area contributed by atoms with E-state index in [1.54, 1.807) is 11.8 Å². The molecule has 0 radical (unpaired) electrons. The molecule has 1 saturated heterocycles. The van der Waals surface area contributed by atoms with Crippen LogP contribution in [0.4, 0.5) is 10.5 Å². The van der Waals surface area contributed by atoms with Crippen molar-refractivity contribution in [3.05, 3.63) is 89.0 Å². The van der Waals surface area contributed by atoms with Gasteiger partial charge in [0.1, 0.15) is 12.1 Å². The van der Waals surface area contributed by atoms with E-state index in [-0.39, 0.29) is 12.5 Å². The van der Waals surface area contributed by atoms with Crippen molar-refractivity contribution in [3.63, 3.8) is 0 Å². The largest absolute Gasteiger partial charge is 0.325 e. The van der Waals surface area contributed by atoms with Gasteiger partial charge in [0.15, 0.2) is 0 Å². The Hall–Kier alpha value is -3.58. The fraction of sp³-hybridized carbons (Fsp3) is 0.222. The lowest BCUT2D eigenvalue weighted by atomic mass is 9.92. The molecule has 1 aliphatic carbocycles. The van der Waals surface area contributed by atoms with E-state index >= 15 is 0 Å². The van der Waals surface area contributed by atoms with Crippen LogP contribution < -0.4 is 10.6 Å². The summed E-state index contributed by atoms with van der Waals surface area (Å²) in [6.07, 6.45) is 1.23. The predicted molar refractivity (Wildman–Crippen MR) is 132 cm³/mol. The van der Waals surface area contributed by atoms with Gasteiger partial charge >= 0.3 is 6.03 Å². The smallest absolute Gasteiger partial charge is 0.325 e. The van der Waals surface area contributed by atoms with Gasteiger partial charge in [0.05, 0.1) is 0 Å². The van der Waals surface area contributed by atoms with Gasteiger partial charge in [-0.2, -0.15) is 0 Å². The first-order valence-electron chi connectivity index (χ1n) is 11.2. The van der Waals surface area contributed by atoms with Gasteiger partial charge in [-0.05, 0) is 85.3 Å². The summed E-state index contributed by atoms with van der Waals surface area (Å²) in [5.41, 5.74) is 3.95. The summed E-state index contributed by atoms with van der Waals surface area (Å²) in [4.78, 5) is 41.7. The number of imide groups is 1. The van der Waals surface area contributed by atoms with Crippen molar-refractivity contribution < 1.29 is 14.4 Å². The van der Waals surface area contributed by atoms with Crippen LogP contribution in [0.5, 0.6) is 0 Å². The first-order valence-corrected chi connectivity index (χ1v) is 12.0. The molecule has 5 rings (SSSR count). The summed E-state index contributed by atoms with van der Waals surface area (Å²) >= 11 is 1.65. The highest BCUT2D eigenvalue weighted by Crippen LogP contribution is 2.41. The zero-order valence-electron chi connectivity index (χ0n) is 19.1. The molecule has 2 aliphatic rings. The second-order valence-corrected chi connectivity index (χ2v) is 9.95. The topological polar surface area (TPSA) is 78.5 Å². The average molecular weight is 472 g/mol. The van der Waals surface area contributed by atoms with Crippen molar-refractivity contribution in [2.75, 3.05) is 11.9 Å². The highest BCUT2D eigenvalue weighted by Gasteiger charge is 2.55. The summed E-state index contributed by atoms with van der Waals surface area (Å²) in [5, 5.41) is 5.64. The highest BCUT2D eigenvalue weighted by molar-refractivity contribution is 7.99. The van der Waals surface area contributed by atoms with Crippen LogP contribution in [0.15, 0.2) is 76.5 Å². The number of amides is 4. The van der Waals surface area contributed by atoms with Crippen LogP contribution in [-0.2, 0) is 21.5 Å². The normalized spacial score (nSPS) is 18.8. The minimum absolute atomic E-state index is 0.326. The van der Waals surface area contributed by atoms with Gasteiger partial charge in [-0.15, -0.1) is 0 Å². The molecule has 4 amide bonds. The molecule has 7 heteroatoms. The van der Waals surface area contributed by atoms with Gasteiger partial charge in [-0.1, -0.05) is 42.1 Å². The molecule has 172 valence electrons. The van der Waals surface area contributed by atoms with E-state index in [4.69, 9.17) is 0 Å². The summed E-state index contributed by atoms with van der Waals surface area (Å²) in [5.74, 6) is -0.779. The lowest BCUT2D eigenvalue weighted by Gasteiger charge is -2.22. The number of hydrogen-bond donors (Lipinski definition) is 2. The molecule has 6 nitrogen and oxygen atoms in total. The number of nitrogens with one attached hydrogen (secondary N) is 2. The van der Waals surface area contributed by atoms with Crippen LogP contribution in [0.25, 0.3) is 0 Å². The number of anilines is 1. The van der Waals surface area contributed by atoms with Gasteiger partial charge in [-0.25, -0.2) is 4.79 Å². The minimum atomic E-state index is -1.05. The lowest BCUT2D eigenvalue weighted by molar-refractivity contribution is -0.134. The maximum absolute atomic E-state index is 13.2. The number of aryl methyl sites for hydroxylation is 3. The van der Waals surface area contributed by atoms with Crippen LogP contribution in [0.2, 0.25) is 0 Å². The van der Waals surface area contributed by atoms with E-state index < -0.39 is 17.5 Å². The standard InChI is InChI=1S/C27H25N3O3S/c1-17-7-10-22(15-18(17)2)34-21-11-8-20(9-12-21)28-24(31)16-30-25(32)27(29-26(30)33)14-13-19-5-3-4-6-23(19)27/h3-12,15H,13-14,16H2,1-2H3,(H,28,31)(H,29,33). The first kappa shape index (κ1) is 22.2. The summed E-state index contributed by atoms with van der Waals surface area (Å²) in [7, 11) is 0. The van der Waals surface area contributed by atoms with Crippen LogP contribution >= 0.6 is 11.8 Å². The number of carbonyl (C=O) groups is 3. The number of carbonyl (C=O) groups excluding carboxylic acids is 3. The van der Waals surface area contributed by atoms with Gasteiger partial charge in [0.25, 0.3) is 5.91 Å². The molecule has 1 unspecified atom stereocenters. The van der Waals surface area contributed by atoms with E-state index in [0.717, 1.165) is 32.2 Å². The maximum Gasteiger partial charge on any atom is 0.325 e. The Morgan fingerprint density at radius 3 is 2.50 bits per heavy atom. The Morgan fingerprint density at radius 1 is 1.00 bits per heavy atom. The fourth-order valence-electron chi connectivity index (χ4n) is 4.60. The van der Waals surface area contributed by atoms with Crippen LogP contribution in [0.1, 0.15) is 28.7 Å². The van der Waals surface area contributed by atoms with Gasteiger partial charge in [-0.3, -0.25) is 14.5 Å². The number of hydrogen-bond acceptors (Lipinski definition) is 4. The van der Waals surface area contributed by atoms with Crippen LogP contribution in [0.3, 0.4) is 0 Å². The van der Waals surface area contributed by atoms with Crippen molar-refractivity contribution in [2.24, 2.45) is 0 Å². The average Bonchev–Trinajstić information content (AvgIpc) is 3.31. The van der Waals surface area contributed by atoms with Crippen molar-refractivity contribution in [1.82, 2.24) is 10.2 Å². The monoisotopic (exact) mass is 471 g/mol. The molecule has 3 aromatic rings. The Labute approximate surface area is 202 Å². The molecule has 0 aromatic heterocycles. The highest BCUT2D eigenvalue weighted by atomic mass is 32.2. The molecule has 1 atom stereocenters. The molecule has 0 saturated carbocycles. The van der Waals surface area contributed by atoms with Gasteiger partial charge < -0.3 is 10.6 Å². The van der Waals surface area contributed by atoms with E-state index in [9.17, 15) is 14.4 Å². The Kier molecular flexibility index (Phi) is 5.65. The minimum Gasteiger partial charge on any atom is -0.325 e. The fourth-order valence-corrected chi connectivity index (χ4v) is 5.51. The molecular weight excluding hydrogens is 446 g/mol. The number of fused-ring (bicyclic) bond motifs is 2. The van der Waals surface area contributed by atoms with Crippen molar-refractivity contribution in [1.29, 1.82) is 0 Å². The zero-order chi connectivity index (χ0) is 23.9. The molecule has 1 fully saturated rings. The molecule has 3 aromatic carbocycles. The summed E-state index contributed by atoms with van der Waals surface area (Å²) in [6, 6.07) is 21.0. The van der Waals surface area contributed by atoms with E-state index in [1.165, 1.54) is 11.1 Å². The van der Waals surface area contributed by atoms with Gasteiger partial charge in [0.2, 0.25) is 5.91 Å². The SMILES string of the molecule is Cc1ccc(Sc2ccc(NC(=O)CN3C(=O)NC4(CCc5ccccc54)C3=O)cc2)cc1C. The molecule has 1 aliphatic heterocycles. The number of urea groups is 1. The third kappa shape index (κ3) is 3.96. The molecule has 0 bridgehead atoms. The Bertz CT molecular complexity index is 1300. The number of benzene rings is 3. The first-order chi connectivity index (χ1) is 16.4. The molecule has 34 heavy (non-hydrogen) atoms. The van der Waals surface area contributed by atoms with Crippen LogP contribution in [0, 0.1) is 13.8 Å². The zero-order valence-corrected chi connectivity index (χ0v) is 19.9. The third-order valence-electron chi connectivity index (χ3n) is 6.58. The number of nitrogens with zero attached hydrogens (tertiary/aromatic N) is 1. The summed E-state index contributed by atoms with van der Waals surface area (Å²) < 4.78 is 0. The van der Waals surface area contributed by atoms with E-state index in [1.807, 2.05) is 48.5 Å². The lowest BCUT2D eigenvalue weighted by Crippen LogP contribution is -2.42. The second-order valence-electron chi connectivity index (χ2n) is 8.80. The van der Waals surface area contributed by atoms with E-state index in [0.29, 0.717) is 12.1 Å². The Balaban J connectivity index is 1.23. The third-order valence-corrected chi connectivity index (χ3v) is 7.57. The maximum atomic E-state index is 13.2. The second kappa shape index (κ2) is 8.65. The Morgan fingerprint density at radius 2 is 1.74 bits per heavy atom. The predicted octanol–water partition coefficient (Wildman–Crippen LogP) is 4.79. The van der Waals surface area contributed by atoms with Crippen molar-refractivity contribution in [2.45, 2.75) is 42.0 Å². The molecule has 2 N–H and O–H groups in total. The van der Waals surface area contributed by atoms with Crippen LogP contribution in [-0.4, -0.2) is 29.3 Å². The van der Waals surface area contributed by atoms with Crippen molar-refractivity contribution in [3.8, 4) is 0 Å². The van der Waals surface area contributed by atoms with E-state index in [2.05, 4.69) is 42.7 Å². The molecule has 1 spiro atoms. The number of rotatable bonds is 5. The van der Waals surface area contributed by atoms with Crippen molar-refractivity contribution >= 4 is 35.3 Å². The molecular formula is C27H25N3O3S. The van der Waals surface area contributed by atoms with Gasteiger partial charge in [0, 0.05) is 15.5 Å². The summed E-state index contributed by atoms with van der Waals surface area (Å²) in [6.45, 7) is 3.86. The quantitative estimate of drug-likeness (QED) is 0.525. The molecule has 1 heterocycles.